The van der Waals surface area contributed by atoms with Gasteiger partial charge >= 0.3 is 10.2 Å². The van der Waals surface area contributed by atoms with Crippen LogP contribution in [0.4, 0.5) is 0 Å². The lowest BCUT2D eigenvalue weighted by molar-refractivity contribution is 0.588. The highest BCUT2D eigenvalue weighted by Crippen LogP contribution is 1.86. The Morgan fingerprint density at radius 1 is 1.31 bits per heavy atom. The van der Waals surface area contributed by atoms with Gasteiger partial charge in [0.15, 0.2) is 0 Å². The van der Waals surface area contributed by atoms with E-state index in [9.17, 15) is 8.42 Å². The Bertz CT molecular complexity index is 448. The number of nitrogens with zero attached hydrogens (tertiary/aromatic N) is 2. The van der Waals surface area contributed by atoms with E-state index in [1.807, 2.05) is 18.7 Å². The van der Waals surface area contributed by atoms with Crippen molar-refractivity contribution in [2.75, 3.05) is 14.1 Å². The van der Waals surface area contributed by atoms with Gasteiger partial charge in [0.2, 0.25) is 5.36 Å². The molecule has 2 N–H and O–H groups in total. The molecule has 0 saturated heterocycles. The first-order valence-corrected chi connectivity index (χ1v) is 5.13. The molecule has 5 nitrogen and oxygen atoms in total. The van der Waals surface area contributed by atoms with E-state index in [-0.39, 0.29) is 0 Å². The van der Waals surface area contributed by atoms with E-state index < -0.39 is 10.2 Å². The van der Waals surface area contributed by atoms with Crippen LogP contribution in [0.3, 0.4) is 0 Å². The molecule has 13 heavy (non-hydrogen) atoms. The minimum Gasteiger partial charge on any atom is -0.240 e. The summed E-state index contributed by atoms with van der Waals surface area (Å²) in [4.78, 5) is 0. The van der Waals surface area contributed by atoms with Gasteiger partial charge in [0.1, 0.15) is 14.1 Å². The maximum Gasteiger partial charge on any atom is 0.302 e. The highest BCUT2D eigenvalue weighted by molar-refractivity contribution is 7.87. The quantitative estimate of drug-likeness (QED) is 0.567. The summed E-state index contributed by atoms with van der Waals surface area (Å²) in [7, 11) is 0.0962. The Morgan fingerprint density at radius 3 is 2.08 bits per heavy atom. The number of aromatic nitrogens is 1. The summed E-state index contributed by atoms with van der Waals surface area (Å²) in [6.07, 6.45) is 2.81. The van der Waals surface area contributed by atoms with Crippen LogP contribution in [0.25, 0.3) is 0 Å². The third-order valence-electron chi connectivity index (χ3n) is 1.59. The molecule has 1 aromatic heterocycles. The fourth-order valence-electron chi connectivity index (χ4n) is 0.873. The predicted molar refractivity (Wildman–Crippen MR) is 50.1 cm³/mol. The lowest BCUT2D eigenvalue weighted by Crippen LogP contribution is -2.26. The van der Waals surface area contributed by atoms with E-state index in [1.54, 1.807) is 12.1 Å². The minimum atomic E-state index is -3.65. The topological polar surface area (TPSA) is 68.1 Å². The smallest absolute Gasteiger partial charge is 0.240 e. The van der Waals surface area contributed by atoms with Crippen LogP contribution < -0.4 is 15.1 Å². The molecule has 0 radical (unpaired) electrons. The molecule has 0 amide bonds. The van der Waals surface area contributed by atoms with Crippen LogP contribution in [0.2, 0.25) is 0 Å². The van der Waals surface area contributed by atoms with Crippen molar-refractivity contribution in [3.05, 3.63) is 29.9 Å². The summed E-state index contributed by atoms with van der Waals surface area (Å²) in [6, 6.07) is 3.34. The van der Waals surface area contributed by atoms with Crippen molar-refractivity contribution in [2.24, 2.45) is 5.14 Å². The highest BCUT2D eigenvalue weighted by Gasteiger charge is 2.02. The van der Waals surface area contributed by atoms with E-state index in [0.717, 1.165) is 9.33 Å². The Kier molecular flexibility index (Phi) is 2.53. The molecule has 0 atom stereocenters. The second-order valence-electron chi connectivity index (χ2n) is 2.83. The van der Waals surface area contributed by atoms with E-state index in [0.29, 0.717) is 0 Å². The summed E-state index contributed by atoms with van der Waals surface area (Å²) in [5, 5.41) is 5.82. The molecule has 0 saturated carbocycles. The zero-order chi connectivity index (χ0) is 10.1. The largest absolute Gasteiger partial charge is 0.302 e. The molecular weight excluding hydrogens is 190 g/mol. The van der Waals surface area contributed by atoms with Crippen LogP contribution in [0.1, 0.15) is 0 Å². The number of rotatable bonds is 1. The average molecular weight is 202 g/mol. The third-order valence-corrected chi connectivity index (χ3v) is 2.43. The first-order valence-electron chi connectivity index (χ1n) is 3.63. The van der Waals surface area contributed by atoms with Crippen molar-refractivity contribution in [3.8, 4) is 0 Å². The van der Waals surface area contributed by atoms with E-state index in [1.165, 1.54) is 12.4 Å². The van der Waals surface area contributed by atoms with Gasteiger partial charge in [-0.1, -0.05) is 0 Å². The molecule has 72 valence electrons. The number of nitrogens with two attached hydrogens (primary N) is 1. The highest BCUT2D eigenvalue weighted by atomic mass is 32.2. The Morgan fingerprint density at radius 2 is 1.77 bits per heavy atom. The Labute approximate surface area is 76.9 Å². The molecule has 0 aromatic carbocycles. The first kappa shape index (κ1) is 9.94. The monoisotopic (exact) mass is 202 g/mol. The standard InChI is InChI=1S/C7H12N3O2S/c1-9(2)7-3-5-10(6-4-7)13(8,11)12/h3-6H,1-2H3,(H2,8,11,12)/q+1. The van der Waals surface area contributed by atoms with Gasteiger partial charge in [0.25, 0.3) is 0 Å². The normalized spacial score (nSPS) is 11.3. The van der Waals surface area contributed by atoms with Crippen molar-refractivity contribution in [2.45, 2.75) is 0 Å². The maximum absolute atomic E-state index is 10.8. The van der Waals surface area contributed by atoms with Gasteiger partial charge in [-0.3, -0.25) is 0 Å². The van der Waals surface area contributed by atoms with Crippen LogP contribution in [0.15, 0.2) is 24.5 Å². The fourth-order valence-corrected chi connectivity index (χ4v) is 1.33. The zero-order valence-electron chi connectivity index (χ0n) is 7.51. The molecule has 0 aliphatic carbocycles. The van der Waals surface area contributed by atoms with Crippen molar-refractivity contribution in [1.82, 2.24) is 8.55 Å². The number of pyridine rings is 1. The molecule has 0 fully saturated rings. The molecule has 0 unspecified atom stereocenters. The van der Waals surface area contributed by atoms with E-state index >= 15 is 0 Å². The van der Waals surface area contributed by atoms with Crippen molar-refractivity contribution in [3.63, 3.8) is 0 Å². The summed E-state index contributed by atoms with van der Waals surface area (Å²) in [5.41, 5.74) is 0. The van der Waals surface area contributed by atoms with Crippen LogP contribution in [-0.2, 0) is 10.2 Å². The molecule has 1 aromatic rings. The average Bonchev–Trinajstić information content (AvgIpc) is 2.03. The third kappa shape index (κ3) is 2.40. The molecule has 0 aliphatic rings. The van der Waals surface area contributed by atoms with E-state index in [2.05, 4.69) is 0 Å². The predicted octanol–water partition coefficient (Wildman–Crippen LogP) is -1.43. The van der Waals surface area contributed by atoms with Gasteiger partial charge in [-0.2, -0.15) is 8.42 Å². The molecule has 1 heterocycles. The lowest BCUT2D eigenvalue weighted by Gasteiger charge is -2.00. The Balaban J connectivity index is 3.32. The number of hydrogen-bond donors (Lipinski definition) is 1. The zero-order valence-corrected chi connectivity index (χ0v) is 8.32. The molecule has 0 bridgehead atoms. The van der Waals surface area contributed by atoms with Gasteiger partial charge < -0.3 is 0 Å². The van der Waals surface area contributed by atoms with Gasteiger partial charge in [-0.05, 0) is 0 Å². The molecule has 1 rings (SSSR count). The molecule has 0 spiro atoms. The molecular formula is C7H12N3O2S+. The van der Waals surface area contributed by atoms with Gasteiger partial charge in [-0.25, -0.2) is 13.7 Å². The molecule has 6 heteroatoms. The second-order valence-corrected chi connectivity index (χ2v) is 4.28. The van der Waals surface area contributed by atoms with E-state index in [4.69, 9.17) is 5.14 Å². The van der Waals surface area contributed by atoms with Gasteiger partial charge in [0, 0.05) is 24.5 Å². The van der Waals surface area contributed by atoms with Crippen molar-refractivity contribution >= 4 is 10.2 Å². The van der Waals surface area contributed by atoms with Crippen LogP contribution >= 0.6 is 0 Å². The second kappa shape index (κ2) is 3.31. The first-order chi connectivity index (χ1) is 5.91. The molecule has 0 aliphatic heterocycles. The minimum absolute atomic E-state index is 0.917. The summed E-state index contributed by atoms with van der Waals surface area (Å²) < 4.78 is 24.5. The fraction of sp³-hybridized carbons (Fsp3) is 0.286. The van der Waals surface area contributed by atoms with Crippen LogP contribution in [0.5, 0.6) is 0 Å². The van der Waals surface area contributed by atoms with Crippen molar-refractivity contribution in [1.29, 1.82) is 0 Å². The number of hydrogen-bond acceptors (Lipinski definition) is 2. The lowest BCUT2D eigenvalue weighted by atomic mass is 10.5. The summed E-state index contributed by atoms with van der Waals surface area (Å²) in [6.45, 7) is 0. The maximum atomic E-state index is 10.8. The summed E-state index contributed by atoms with van der Waals surface area (Å²) in [5.74, 6) is 0. The SMILES string of the molecule is C[N+](C)=c1ccn(S(N)(=O)=O)cc1. The van der Waals surface area contributed by atoms with Crippen molar-refractivity contribution < 1.29 is 8.42 Å². The van der Waals surface area contributed by atoms with Gasteiger partial charge in [-0.15, -0.1) is 0 Å². The van der Waals surface area contributed by atoms with Crippen LogP contribution in [0, 0.1) is 0 Å². The van der Waals surface area contributed by atoms with Crippen LogP contribution in [-0.4, -0.2) is 26.5 Å². The van der Waals surface area contributed by atoms with Gasteiger partial charge in [0.05, 0.1) is 0 Å². The summed E-state index contributed by atoms with van der Waals surface area (Å²) >= 11 is 0. The Hall–Kier alpha value is -1.14.